The van der Waals surface area contributed by atoms with Crippen LogP contribution in [0.4, 0.5) is 8.78 Å². The Kier molecular flexibility index (Phi) is 4.98. The second kappa shape index (κ2) is 6.03. The van der Waals surface area contributed by atoms with E-state index in [0.717, 1.165) is 18.2 Å². The highest BCUT2D eigenvalue weighted by Crippen LogP contribution is 2.14. The van der Waals surface area contributed by atoms with Crippen molar-refractivity contribution in [3.63, 3.8) is 0 Å². The summed E-state index contributed by atoms with van der Waals surface area (Å²) in [5.41, 5.74) is 5.54. The van der Waals surface area contributed by atoms with Gasteiger partial charge in [-0.15, -0.1) is 0 Å². The molecule has 2 atom stereocenters. The Morgan fingerprint density at radius 2 is 2.12 bits per heavy atom. The van der Waals surface area contributed by atoms with Gasteiger partial charge in [0.25, 0.3) is 0 Å². The molecule has 16 heavy (non-hydrogen) atoms. The molecule has 3 nitrogen and oxygen atoms in total. The number of halogens is 2. The lowest BCUT2D eigenvalue weighted by atomic mass is 10.3. The van der Waals surface area contributed by atoms with Gasteiger partial charge in [-0.3, -0.25) is 4.21 Å². The first-order chi connectivity index (χ1) is 7.54. The van der Waals surface area contributed by atoms with Crippen molar-refractivity contribution in [3.8, 4) is 0 Å². The molecule has 0 aliphatic heterocycles. The van der Waals surface area contributed by atoms with Gasteiger partial charge in [0.2, 0.25) is 0 Å². The molecule has 3 N–H and O–H groups in total. The largest absolute Gasteiger partial charge is 0.396 e. The Bertz CT molecular complexity index is 387. The fraction of sp³-hybridized carbons (Fsp3) is 0.400. The molecule has 1 aromatic carbocycles. The number of hydrogen-bond acceptors (Lipinski definition) is 3. The Labute approximate surface area is 94.7 Å². The molecule has 1 aromatic rings. The van der Waals surface area contributed by atoms with Crippen LogP contribution in [0.15, 0.2) is 23.1 Å². The average Bonchev–Trinajstić information content (AvgIpc) is 2.21. The number of benzene rings is 1. The molecular formula is C10H13F2NO2S. The fourth-order valence-corrected chi connectivity index (χ4v) is 2.45. The quantitative estimate of drug-likeness (QED) is 0.810. The normalized spacial score (nSPS) is 14.8. The van der Waals surface area contributed by atoms with E-state index in [1.807, 2.05) is 0 Å². The van der Waals surface area contributed by atoms with Crippen LogP contribution in [-0.2, 0) is 10.8 Å². The van der Waals surface area contributed by atoms with Crippen molar-refractivity contribution in [3.05, 3.63) is 29.8 Å². The van der Waals surface area contributed by atoms with E-state index in [9.17, 15) is 13.0 Å². The predicted molar refractivity (Wildman–Crippen MR) is 57.3 cm³/mol. The molecule has 0 aliphatic carbocycles. The maximum Gasteiger partial charge on any atom is 0.139 e. The van der Waals surface area contributed by atoms with Gasteiger partial charge in [0.1, 0.15) is 11.6 Å². The van der Waals surface area contributed by atoms with Gasteiger partial charge >= 0.3 is 0 Å². The highest BCUT2D eigenvalue weighted by Gasteiger charge is 2.14. The lowest BCUT2D eigenvalue weighted by Crippen LogP contribution is -2.28. The van der Waals surface area contributed by atoms with Crippen LogP contribution >= 0.6 is 0 Å². The molecule has 0 radical (unpaired) electrons. The van der Waals surface area contributed by atoms with Crippen LogP contribution in [0.1, 0.15) is 6.42 Å². The minimum absolute atomic E-state index is 0.000926. The molecule has 0 aromatic heterocycles. The van der Waals surface area contributed by atoms with E-state index in [4.69, 9.17) is 10.8 Å². The Hall–Kier alpha value is -0.850. The minimum Gasteiger partial charge on any atom is -0.396 e. The molecule has 0 spiro atoms. The van der Waals surface area contributed by atoms with Crippen molar-refractivity contribution in [2.75, 3.05) is 12.4 Å². The van der Waals surface area contributed by atoms with Crippen LogP contribution in [0.5, 0.6) is 0 Å². The monoisotopic (exact) mass is 249 g/mol. The molecule has 2 unspecified atom stereocenters. The van der Waals surface area contributed by atoms with Crippen molar-refractivity contribution in [1.29, 1.82) is 0 Å². The van der Waals surface area contributed by atoms with E-state index in [0.29, 0.717) is 0 Å². The first-order valence-electron chi connectivity index (χ1n) is 4.74. The summed E-state index contributed by atoms with van der Waals surface area (Å²) in [6, 6.07) is 2.30. The zero-order chi connectivity index (χ0) is 12.1. The Morgan fingerprint density at radius 1 is 1.44 bits per heavy atom. The van der Waals surface area contributed by atoms with Gasteiger partial charge in [0.15, 0.2) is 0 Å². The van der Waals surface area contributed by atoms with Gasteiger partial charge in [0.05, 0.1) is 15.7 Å². The Morgan fingerprint density at radius 3 is 2.75 bits per heavy atom. The summed E-state index contributed by atoms with van der Waals surface area (Å²) in [4.78, 5) is -0.187. The highest BCUT2D eigenvalue weighted by molar-refractivity contribution is 7.85. The van der Waals surface area contributed by atoms with Crippen molar-refractivity contribution >= 4 is 10.8 Å². The summed E-state index contributed by atoms with van der Waals surface area (Å²) in [7, 11) is -1.69. The van der Waals surface area contributed by atoms with Gasteiger partial charge in [-0.1, -0.05) is 0 Å². The average molecular weight is 249 g/mol. The number of nitrogens with two attached hydrogens (primary N) is 1. The highest BCUT2D eigenvalue weighted by atomic mass is 32.2. The minimum atomic E-state index is -1.69. The summed E-state index contributed by atoms with van der Waals surface area (Å²) in [5.74, 6) is -1.35. The first kappa shape index (κ1) is 13.2. The van der Waals surface area contributed by atoms with Crippen LogP contribution in [0.25, 0.3) is 0 Å². The van der Waals surface area contributed by atoms with Crippen LogP contribution in [0, 0.1) is 11.6 Å². The number of aliphatic hydroxyl groups is 1. The Balaban J connectivity index is 2.76. The van der Waals surface area contributed by atoms with E-state index < -0.39 is 28.5 Å². The van der Waals surface area contributed by atoms with E-state index in [1.54, 1.807) is 0 Å². The number of aliphatic hydroxyl groups excluding tert-OH is 1. The lowest BCUT2D eigenvalue weighted by Gasteiger charge is -2.09. The third-order valence-corrected chi connectivity index (χ3v) is 3.54. The summed E-state index contributed by atoms with van der Waals surface area (Å²) in [5, 5.41) is 8.61. The van der Waals surface area contributed by atoms with E-state index >= 15 is 0 Å². The van der Waals surface area contributed by atoms with Gasteiger partial charge in [0, 0.05) is 18.4 Å². The molecule has 0 amide bonds. The van der Waals surface area contributed by atoms with Crippen LogP contribution in [0.3, 0.4) is 0 Å². The van der Waals surface area contributed by atoms with Gasteiger partial charge in [-0.2, -0.15) is 0 Å². The van der Waals surface area contributed by atoms with Crippen molar-refractivity contribution in [1.82, 2.24) is 0 Å². The number of rotatable bonds is 5. The number of hydrogen-bond donors (Lipinski definition) is 2. The fourth-order valence-electron chi connectivity index (χ4n) is 1.19. The summed E-state index contributed by atoms with van der Waals surface area (Å²) < 4.78 is 37.7. The van der Waals surface area contributed by atoms with Crippen molar-refractivity contribution in [2.24, 2.45) is 5.73 Å². The molecule has 0 aliphatic rings. The van der Waals surface area contributed by atoms with Crippen molar-refractivity contribution in [2.45, 2.75) is 17.4 Å². The van der Waals surface area contributed by atoms with Crippen LogP contribution in [-0.4, -0.2) is 27.7 Å². The molecular weight excluding hydrogens is 236 g/mol. The summed E-state index contributed by atoms with van der Waals surface area (Å²) in [6.07, 6.45) is 0.280. The van der Waals surface area contributed by atoms with E-state index in [1.165, 1.54) is 0 Å². The summed E-state index contributed by atoms with van der Waals surface area (Å²) in [6.45, 7) is -0.121. The maximum atomic E-state index is 13.2. The molecule has 0 fully saturated rings. The van der Waals surface area contributed by atoms with Gasteiger partial charge < -0.3 is 10.8 Å². The zero-order valence-corrected chi connectivity index (χ0v) is 9.34. The smallest absolute Gasteiger partial charge is 0.139 e. The van der Waals surface area contributed by atoms with Crippen LogP contribution < -0.4 is 5.73 Å². The molecule has 0 saturated carbocycles. The van der Waals surface area contributed by atoms with E-state index in [2.05, 4.69) is 0 Å². The van der Waals surface area contributed by atoms with Crippen LogP contribution in [0.2, 0.25) is 0 Å². The molecule has 0 bridgehead atoms. The molecule has 1 rings (SSSR count). The zero-order valence-electron chi connectivity index (χ0n) is 8.53. The molecule has 0 heterocycles. The maximum absolute atomic E-state index is 13.2. The predicted octanol–water partition coefficient (Wildman–Crippen LogP) is 0.782. The van der Waals surface area contributed by atoms with Crippen molar-refractivity contribution < 1.29 is 18.1 Å². The molecule has 6 heteroatoms. The third-order valence-electron chi connectivity index (χ3n) is 2.00. The second-order valence-electron chi connectivity index (χ2n) is 3.36. The molecule has 90 valence electrons. The SMILES string of the molecule is NC(CCO)CS(=O)c1cc(F)ccc1F. The lowest BCUT2D eigenvalue weighted by molar-refractivity contribution is 0.279. The summed E-state index contributed by atoms with van der Waals surface area (Å²) >= 11 is 0. The second-order valence-corrected chi connectivity index (χ2v) is 4.82. The van der Waals surface area contributed by atoms with Gasteiger partial charge in [-0.05, 0) is 24.6 Å². The van der Waals surface area contributed by atoms with Gasteiger partial charge in [-0.25, -0.2) is 8.78 Å². The van der Waals surface area contributed by atoms with E-state index in [-0.39, 0.29) is 23.7 Å². The first-order valence-corrected chi connectivity index (χ1v) is 6.06. The molecule has 0 saturated heterocycles. The third kappa shape index (κ3) is 3.62. The topological polar surface area (TPSA) is 63.3 Å². The standard InChI is InChI=1S/C10H13F2NO2S/c11-7-1-2-9(12)10(5-7)16(15)6-8(13)3-4-14/h1-2,5,8,14H,3-4,6,13H2.